The highest BCUT2D eigenvalue weighted by atomic mass is 16.5. The minimum Gasteiger partial charge on any atom is -0.488 e. The number of carbonyl (C=O) groups excluding carboxylic acids is 2. The van der Waals surface area contributed by atoms with E-state index in [1.807, 2.05) is 18.2 Å². The molecule has 2 aromatic carbocycles. The third-order valence-corrected chi connectivity index (χ3v) is 5.39. The number of hydrogen-bond acceptors (Lipinski definition) is 6. The molecule has 0 radical (unpaired) electrons. The number of ether oxygens (including phenoxy) is 2. The van der Waals surface area contributed by atoms with Crippen molar-refractivity contribution in [3.63, 3.8) is 0 Å². The summed E-state index contributed by atoms with van der Waals surface area (Å²) >= 11 is 0. The molecule has 166 valence electrons. The number of β-amino-alcohol motifs (C(OH)–C–C–N with tert-alkyl or cyclic N) is 1. The van der Waals surface area contributed by atoms with Crippen LogP contribution in [0.3, 0.4) is 0 Å². The first-order chi connectivity index (χ1) is 14.9. The van der Waals surface area contributed by atoms with Gasteiger partial charge in [0.05, 0.1) is 13.7 Å². The highest BCUT2D eigenvalue weighted by Gasteiger charge is 2.32. The van der Waals surface area contributed by atoms with E-state index in [4.69, 9.17) is 4.74 Å². The lowest BCUT2D eigenvalue weighted by Crippen LogP contribution is -2.51. The van der Waals surface area contributed by atoms with E-state index in [-0.39, 0.29) is 31.1 Å². The van der Waals surface area contributed by atoms with Gasteiger partial charge in [-0.05, 0) is 41.8 Å². The number of benzene rings is 2. The number of methoxy groups -OCH3 is 1. The molecule has 7 heteroatoms. The number of piperidine rings is 1. The van der Waals surface area contributed by atoms with Crippen LogP contribution in [0.4, 0.5) is 5.69 Å². The number of nitrogens with one attached hydrogen (secondary N) is 1. The van der Waals surface area contributed by atoms with Crippen molar-refractivity contribution in [3.8, 4) is 5.75 Å². The van der Waals surface area contributed by atoms with Crippen LogP contribution in [0, 0.1) is 0 Å². The van der Waals surface area contributed by atoms with Crippen molar-refractivity contribution >= 4 is 17.6 Å². The van der Waals surface area contributed by atoms with Gasteiger partial charge in [0.25, 0.3) is 5.91 Å². The quantitative estimate of drug-likeness (QED) is 0.662. The molecule has 0 aliphatic carbocycles. The van der Waals surface area contributed by atoms with Crippen LogP contribution >= 0.6 is 0 Å². The van der Waals surface area contributed by atoms with Gasteiger partial charge in [-0.3, -0.25) is 9.59 Å². The van der Waals surface area contributed by atoms with E-state index in [9.17, 15) is 14.7 Å². The van der Waals surface area contributed by atoms with Crippen molar-refractivity contribution in [2.24, 2.45) is 0 Å². The van der Waals surface area contributed by atoms with Gasteiger partial charge in [0.1, 0.15) is 24.5 Å². The van der Waals surface area contributed by atoms with E-state index in [0.717, 1.165) is 5.75 Å². The van der Waals surface area contributed by atoms with Gasteiger partial charge in [-0.1, -0.05) is 32.0 Å². The molecular formula is C24H30N2O5. The number of likely N-dealkylation sites (tertiary alicyclic amines) is 1. The van der Waals surface area contributed by atoms with E-state index in [2.05, 4.69) is 30.0 Å². The Hall–Kier alpha value is -3.06. The van der Waals surface area contributed by atoms with E-state index in [1.165, 1.54) is 12.7 Å². The van der Waals surface area contributed by atoms with Gasteiger partial charge in [-0.15, -0.1) is 0 Å². The van der Waals surface area contributed by atoms with Gasteiger partial charge in [-0.2, -0.15) is 0 Å². The minimum absolute atomic E-state index is 0.0214. The fourth-order valence-corrected chi connectivity index (χ4v) is 3.54. The Labute approximate surface area is 183 Å². The molecule has 0 spiro atoms. The summed E-state index contributed by atoms with van der Waals surface area (Å²) in [6.45, 7) is 4.96. The van der Waals surface area contributed by atoms with Crippen LogP contribution in [0.1, 0.15) is 42.1 Å². The molecule has 3 rings (SSSR count). The molecule has 0 aromatic heterocycles. The molecule has 1 aliphatic rings. The molecule has 1 heterocycles. The molecule has 31 heavy (non-hydrogen) atoms. The zero-order valence-electron chi connectivity index (χ0n) is 18.2. The highest BCUT2D eigenvalue weighted by molar-refractivity contribution is 5.95. The first kappa shape index (κ1) is 22.6. The molecule has 1 aliphatic heterocycles. The van der Waals surface area contributed by atoms with E-state index in [0.29, 0.717) is 30.1 Å². The summed E-state index contributed by atoms with van der Waals surface area (Å²) in [6, 6.07) is 14.8. The Kier molecular flexibility index (Phi) is 7.52. The Morgan fingerprint density at radius 2 is 1.97 bits per heavy atom. The molecule has 2 atom stereocenters. The van der Waals surface area contributed by atoms with Crippen molar-refractivity contribution in [2.75, 3.05) is 32.1 Å². The van der Waals surface area contributed by atoms with E-state index < -0.39 is 6.10 Å². The number of carbonyl (C=O) groups is 2. The van der Waals surface area contributed by atoms with Crippen LogP contribution in [-0.2, 0) is 9.53 Å². The normalized spacial score (nSPS) is 18.5. The fourth-order valence-electron chi connectivity index (χ4n) is 3.54. The number of nitrogens with zero attached hydrogens (tertiary/aromatic N) is 1. The fraction of sp³-hybridized carbons (Fsp3) is 0.417. The van der Waals surface area contributed by atoms with Gasteiger partial charge < -0.3 is 24.8 Å². The van der Waals surface area contributed by atoms with Gasteiger partial charge in [0.15, 0.2) is 0 Å². The van der Waals surface area contributed by atoms with E-state index >= 15 is 0 Å². The summed E-state index contributed by atoms with van der Waals surface area (Å²) in [7, 11) is 1.32. The Bertz CT molecular complexity index is 914. The third kappa shape index (κ3) is 5.98. The zero-order valence-corrected chi connectivity index (χ0v) is 18.2. The van der Waals surface area contributed by atoms with Crippen LogP contribution in [0.2, 0.25) is 0 Å². The Morgan fingerprint density at radius 1 is 1.19 bits per heavy atom. The summed E-state index contributed by atoms with van der Waals surface area (Å²) in [6.07, 6.45) is -0.598. The highest BCUT2D eigenvalue weighted by Crippen LogP contribution is 2.24. The molecule has 0 bridgehead atoms. The lowest BCUT2D eigenvalue weighted by molar-refractivity contribution is -0.138. The van der Waals surface area contributed by atoms with Crippen molar-refractivity contribution < 1.29 is 24.2 Å². The van der Waals surface area contributed by atoms with Crippen molar-refractivity contribution in [1.82, 2.24) is 4.90 Å². The molecule has 1 fully saturated rings. The second-order valence-corrected chi connectivity index (χ2v) is 8.00. The SMILES string of the molecule is COC(=O)CNc1cccc(C(=O)N2CC[C@@H](Oc3cccc(C(C)C)c3)[C@H](O)C2)c1. The van der Waals surface area contributed by atoms with Gasteiger partial charge in [0, 0.05) is 24.2 Å². The molecule has 1 amide bonds. The lowest BCUT2D eigenvalue weighted by Gasteiger charge is -2.36. The first-order valence-electron chi connectivity index (χ1n) is 10.5. The van der Waals surface area contributed by atoms with Crippen molar-refractivity contribution in [1.29, 1.82) is 0 Å². The molecule has 0 saturated carbocycles. The van der Waals surface area contributed by atoms with Gasteiger partial charge in [-0.25, -0.2) is 0 Å². The molecule has 7 nitrogen and oxygen atoms in total. The Morgan fingerprint density at radius 3 is 2.68 bits per heavy atom. The van der Waals surface area contributed by atoms with Crippen LogP contribution in [0.15, 0.2) is 48.5 Å². The van der Waals surface area contributed by atoms with Crippen molar-refractivity contribution in [3.05, 3.63) is 59.7 Å². The zero-order chi connectivity index (χ0) is 22.4. The molecule has 2 aromatic rings. The maximum absolute atomic E-state index is 12.9. The molecule has 2 N–H and O–H groups in total. The van der Waals surface area contributed by atoms with Crippen LogP contribution in [-0.4, -0.2) is 60.8 Å². The smallest absolute Gasteiger partial charge is 0.325 e. The molecular weight excluding hydrogens is 396 g/mol. The maximum Gasteiger partial charge on any atom is 0.325 e. The number of aliphatic hydroxyl groups excluding tert-OH is 1. The Balaban J connectivity index is 1.59. The summed E-state index contributed by atoms with van der Waals surface area (Å²) in [4.78, 5) is 25.9. The molecule has 1 saturated heterocycles. The minimum atomic E-state index is -0.777. The average molecular weight is 427 g/mol. The number of aliphatic hydroxyl groups is 1. The average Bonchev–Trinajstić information content (AvgIpc) is 2.78. The second-order valence-electron chi connectivity index (χ2n) is 8.00. The molecule has 0 unspecified atom stereocenters. The summed E-state index contributed by atoms with van der Waals surface area (Å²) in [5.41, 5.74) is 2.33. The predicted octanol–water partition coefficient (Wildman–Crippen LogP) is 3.05. The largest absolute Gasteiger partial charge is 0.488 e. The van der Waals surface area contributed by atoms with Crippen LogP contribution < -0.4 is 10.1 Å². The standard InChI is InChI=1S/C24H30N2O5/c1-16(2)17-6-5-9-20(13-17)31-22-10-11-26(15-21(22)27)24(29)18-7-4-8-19(12-18)25-14-23(28)30-3/h4-9,12-13,16,21-22,25,27H,10-11,14-15H2,1-3H3/t21-,22-/m1/s1. The van der Waals surface area contributed by atoms with E-state index in [1.54, 1.807) is 29.2 Å². The third-order valence-electron chi connectivity index (χ3n) is 5.39. The van der Waals surface area contributed by atoms with Gasteiger partial charge >= 0.3 is 5.97 Å². The number of rotatable bonds is 7. The number of anilines is 1. The maximum atomic E-state index is 12.9. The lowest BCUT2D eigenvalue weighted by atomic mass is 10.0. The summed E-state index contributed by atoms with van der Waals surface area (Å²) in [5.74, 6) is 0.576. The van der Waals surface area contributed by atoms with Crippen molar-refractivity contribution in [2.45, 2.75) is 38.4 Å². The summed E-state index contributed by atoms with van der Waals surface area (Å²) < 4.78 is 10.6. The van der Waals surface area contributed by atoms with Gasteiger partial charge in [0.2, 0.25) is 0 Å². The van der Waals surface area contributed by atoms with Crippen LogP contribution in [0.5, 0.6) is 5.75 Å². The second kappa shape index (κ2) is 10.3. The monoisotopic (exact) mass is 426 g/mol. The number of amides is 1. The van der Waals surface area contributed by atoms with Crippen LogP contribution in [0.25, 0.3) is 0 Å². The first-order valence-corrected chi connectivity index (χ1v) is 10.5. The topological polar surface area (TPSA) is 88.1 Å². The number of hydrogen-bond donors (Lipinski definition) is 2. The predicted molar refractivity (Wildman–Crippen MR) is 118 cm³/mol. The summed E-state index contributed by atoms with van der Waals surface area (Å²) in [5, 5.41) is 13.6. The number of esters is 1.